The zero-order valence-corrected chi connectivity index (χ0v) is 22.4. The average molecular weight is 547 g/mol. The number of hydrogen-bond acceptors (Lipinski definition) is 12. The minimum atomic E-state index is -1.68. The first kappa shape index (κ1) is 30.6. The molecule has 7 N–H and O–H groups in total. The van der Waals surface area contributed by atoms with Crippen LogP contribution in [0.2, 0.25) is 0 Å². The lowest BCUT2D eigenvalue weighted by Crippen LogP contribution is -2.61. The topological polar surface area (TPSA) is 187 Å². The molecule has 2 aromatic heterocycles. The molecule has 1 aliphatic rings. The van der Waals surface area contributed by atoms with Gasteiger partial charge in [-0.2, -0.15) is 0 Å². The van der Waals surface area contributed by atoms with Crippen LogP contribution in [0.4, 0.5) is 0 Å². The summed E-state index contributed by atoms with van der Waals surface area (Å²) in [5.41, 5.74) is 1.20. The number of aromatic hydroxyl groups is 1. The molecule has 0 radical (unpaired) electrons. The van der Waals surface area contributed by atoms with Gasteiger partial charge in [0.2, 0.25) is 6.29 Å². The lowest BCUT2D eigenvalue weighted by molar-refractivity contribution is -0.174. The molecule has 3 rings (SSSR count). The van der Waals surface area contributed by atoms with Gasteiger partial charge in [0.05, 0.1) is 24.2 Å². The quantitative estimate of drug-likeness (QED) is 0.198. The molecular weight excluding hydrogens is 508 g/mol. The monoisotopic (exact) mass is 546 g/mol. The minimum absolute atomic E-state index is 0.0829. The third kappa shape index (κ3) is 7.79. The summed E-state index contributed by atoms with van der Waals surface area (Å²) in [6, 6.07) is 4.39. The standard InChI is InChI=1S/C27H38N4O8/c1-5-14(2)23-27(37)38-16(4)20(31-25(35)21-19(32)9-7-11-29-21)24(34)30-18(12-17-8-6-10-28-13-17)22(33)15(3)26(36)39-23/h6-11,13,15-16,18,20,22,24-25,27,30-35,37H,5,12H2,1-4H3/b23-14-/t15-,16-,18+,20+,22+,24+,25-,27?/m1/s1. The number of hydrogen-bond donors (Lipinski definition) is 7. The highest BCUT2D eigenvalue weighted by atomic mass is 16.6. The fourth-order valence-corrected chi connectivity index (χ4v) is 4.30. The molecule has 12 heteroatoms. The van der Waals surface area contributed by atoms with Crippen LogP contribution in [0.1, 0.15) is 51.6 Å². The van der Waals surface area contributed by atoms with Crippen molar-refractivity contribution in [3.8, 4) is 5.75 Å². The van der Waals surface area contributed by atoms with Gasteiger partial charge in [-0.1, -0.05) is 13.0 Å². The summed E-state index contributed by atoms with van der Waals surface area (Å²) >= 11 is 0. The van der Waals surface area contributed by atoms with Crippen LogP contribution < -0.4 is 10.6 Å². The van der Waals surface area contributed by atoms with Gasteiger partial charge in [-0.15, -0.1) is 0 Å². The van der Waals surface area contributed by atoms with Crippen LogP contribution in [0.25, 0.3) is 0 Å². The van der Waals surface area contributed by atoms with Gasteiger partial charge < -0.3 is 35.0 Å². The fourth-order valence-electron chi connectivity index (χ4n) is 4.30. The third-order valence-corrected chi connectivity index (χ3v) is 6.86. The van der Waals surface area contributed by atoms with Crippen molar-refractivity contribution in [1.82, 2.24) is 20.6 Å². The third-order valence-electron chi connectivity index (χ3n) is 6.86. The lowest BCUT2D eigenvalue weighted by Gasteiger charge is -2.37. The number of aliphatic hydroxyl groups is 4. The maximum Gasteiger partial charge on any atom is 0.316 e. The number of nitrogens with one attached hydrogen (secondary N) is 2. The molecule has 0 spiro atoms. The molecule has 0 amide bonds. The number of aliphatic hydroxyl groups excluding tert-OH is 4. The van der Waals surface area contributed by atoms with E-state index in [1.807, 2.05) is 6.92 Å². The van der Waals surface area contributed by atoms with Crippen molar-refractivity contribution in [2.45, 2.75) is 83.6 Å². The number of aromatic nitrogens is 2. The van der Waals surface area contributed by atoms with Crippen LogP contribution in [-0.4, -0.2) is 78.3 Å². The van der Waals surface area contributed by atoms with Gasteiger partial charge in [0.15, 0.2) is 12.0 Å². The summed E-state index contributed by atoms with van der Waals surface area (Å²) in [4.78, 5) is 21.1. The Bertz CT molecular complexity index is 1120. The van der Waals surface area contributed by atoms with E-state index in [2.05, 4.69) is 20.6 Å². The van der Waals surface area contributed by atoms with Crippen molar-refractivity contribution in [2.75, 3.05) is 0 Å². The molecule has 8 atom stereocenters. The molecule has 12 nitrogen and oxygen atoms in total. The number of allylic oxidation sites excluding steroid dienone is 1. The van der Waals surface area contributed by atoms with E-state index >= 15 is 0 Å². The first-order valence-electron chi connectivity index (χ1n) is 12.9. The second kappa shape index (κ2) is 13.9. The molecule has 0 bridgehead atoms. The van der Waals surface area contributed by atoms with Crippen LogP contribution >= 0.6 is 0 Å². The molecule has 3 heterocycles. The van der Waals surface area contributed by atoms with Crippen LogP contribution in [0.3, 0.4) is 0 Å². The number of ether oxygens (including phenoxy) is 2. The molecule has 0 aromatic carbocycles. The largest absolute Gasteiger partial charge is 0.506 e. The van der Waals surface area contributed by atoms with E-state index in [1.165, 1.54) is 25.3 Å². The fraction of sp³-hybridized carbons (Fsp3) is 0.519. The predicted molar refractivity (Wildman–Crippen MR) is 139 cm³/mol. The van der Waals surface area contributed by atoms with Crippen LogP contribution in [0, 0.1) is 5.92 Å². The number of esters is 1. The van der Waals surface area contributed by atoms with Gasteiger partial charge in [-0.3, -0.25) is 25.4 Å². The van der Waals surface area contributed by atoms with Gasteiger partial charge in [0.1, 0.15) is 17.7 Å². The summed E-state index contributed by atoms with van der Waals surface area (Å²) in [7, 11) is 0. The molecule has 1 aliphatic heterocycles. The van der Waals surface area contributed by atoms with Crippen molar-refractivity contribution in [3.05, 3.63) is 65.4 Å². The zero-order valence-electron chi connectivity index (χ0n) is 22.4. The summed E-state index contributed by atoms with van der Waals surface area (Å²) in [5, 5.41) is 60.2. The summed E-state index contributed by atoms with van der Waals surface area (Å²) in [6.07, 6.45) is -1.79. The number of carbonyl (C=O) groups excluding carboxylic acids is 1. The molecule has 1 fully saturated rings. The maximum absolute atomic E-state index is 13.0. The Morgan fingerprint density at radius 1 is 1.18 bits per heavy atom. The number of pyridine rings is 2. The van der Waals surface area contributed by atoms with Gasteiger partial charge in [0, 0.05) is 24.6 Å². The summed E-state index contributed by atoms with van der Waals surface area (Å²) < 4.78 is 11.3. The van der Waals surface area contributed by atoms with Crippen molar-refractivity contribution in [1.29, 1.82) is 0 Å². The first-order valence-corrected chi connectivity index (χ1v) is 12.9. The Labute approximate surface area is 227 Å². The Morgan fingerprint density at radius 3 is 2.54 bits per heavy atom. The van der Waals surface area contributed by atoms with Gasteiger partial charge in [-0.25, -0.2) is 0 Å². The highest BCUT2D eigenvalue weighted by molar-refractivity contribution is 5.74. The molecular formula is C27H38N4O8. The second-order valence-electron chi connectivity index (χ2n) is 9.68. The van der Waals surface area contributed by atoms with E-state index in [1.54, 1.807) is 38.4 Å². The Kier molecular flexibility index (Phi) is 10.9. The molecule has 2 aromatic rings. The molecule has 0 aliphatic carbocycles. The number of cyclic esters (lactones) is 1. The number of carbonyl (C=O) groups is 1. The molecule has 39 heavy (non-hydrogen) atoms. The number of rotatable bonds is 6. The molecule has 1 unspecified atom stereocenters. The van der Waals surface area contributed by atoms with Gasteiger partial charge >= 0.3 is 5.97 Å². The van der Waals surface area contributed by atoms with E-state index in [0.29, 0.717) is 12.0 Å². The van der Waals surface area contributed by atoms with Gasteiger partial charge in [-0.05, 0) is 62.9 Å². The normalized spacial score (nSPS) is 31.0. The second-order valence-corrected chi connectivity index (χ2v) is 9.68. The van der Waals surface area contributed by atoms with E-state index in [-0.39, 0.29) is 23.6 Å². The smallest absolute Gasteiger partial charge is 0.316 e. The van der Waals surface area contributed by atoms with Crippen molar-refractivity contribution in [2.24, 2.45) is 5.92 Å². The Morgan fingerprint density at radius 2 is 1.90 bits per heavy atom. The van der Waals surface area contributed by atoms with Gasteiger partial charge in [0.25, 0.3) is 0 Å². The zero-order chi connectivity index (χ0) is 28.7. The number of nitrogens with zero attached hydrogens (tertiary/aromatic N) is 2. The Balaban J connectivity index is 2.01. The maximum atomic E-state index is 13.0. The summed E-state index contributed by atoms with van der Waals surface area (Å²) in [5.74, 6) is -2.21. The minimum Gasteiger partial charge on any atom is -0.506 e. The van der Waals surface area contributed by atoms with Crippen molar-refractivity contribution in [3.63, 3.8) is 0 Å². The molecule has 0 saturated carbocycles. The summed E-state index contributed by atoms with van der Waals surface area (Å²) in [6.45, 7) is 6.52. The van der Waals surface area contributed by atoms with E-state index < -0.39 is 54.9 Å². The predicted octanol–water partition coefficient (Wildman–Crippen LogP) is 0.612. The van der Waals surface area contributed by atoms with E-state index in [9.17, 15) is 30.3 Å². The molecule has 214 valence electrons. The van der Waals surface area contributed by atoms with E-state index in [0.717, 1.165) is 5.56 Å². The highest BCUT2D eigenvalue weighted by Crippen LogP contribution is 2.25. The highest BCUT2D eigenvalue weighted by Gasteiger charge is 2.39. The average Bonchev–Trinajstić information content (AvgIpc) is 2.92. The lowest BCUT2D eigenvalue weighted by atomic mass is 9.92. The first-order chi connectivity index (χ1) is 18.5. The van der Waals surface area contributed by atoms with Crippen molar-refractivity contribution >= 4 is 5.97 Å². The molecule has 1 saturated heterocycles. The van der Waals surface area contributed by atoms with Crippen LogP contribution in [0.15, 0.2) is 54.2 Å². The van der Waals surface area contributed by atoms with Crippen LogP contribution in [-0.2, 0) is 20.7 Å². The van der Waals surface area contributed by atoms with Crippen molar-refractivity contribution < 1.29 is 39.8 Å². The van der Waals surface area contributed by atoms with E-state index in [4.69, 9.17) is 9.47 Å². The Hall–Kier alpha value is -2.97. The van der Waals surface area contributed by atoms with Crippen LogP contribution in [0.5, 0.6) is 5.75 Å². The SMILES string of the molecule is CC/C(C)=C1\OC(=O)[C@H](C)[C@H](O)[C@H](Cc2cccnc2)N[C@@H](O)[C@@H](N[C@H](O)c2ncccc2O)[C@@H](C)OC1O.